The number of carbonyl (C=O) groups excluding carboxylic acids is 3. The molecule has 10 nitrogen and oxygen atoms in total. The van der Waals surface area contributed by atoms with Crippen molar-refractivity contribution in [3.63, 3.8) is 0 Å². The Bertz CT molecular complexity index is 1220. The van der Waals surface area contributed by atoms with Crippen molar-refractivity contribution in [2.75, 3.05) is 6.54 Å². The van der Waals surface area contributed by atoms with Crippen LogP contribution in [0.15, 0.2) is 63.8 Å². The van der Waals surface area contributed by atoms with Gasteiger partial charge in [-0.2, -0.15) is 0 Å². The standard InChI is InChI=1S/C23H19Cl2N3O7/c24-15-9-13(11-26-19(29)6-5-14-3-1-7-34-14)10-16(25)20(15)22(31)28-17(23(32)33)12-27-21(30)18-4-2-8-35-18/h1-10,17H,11-12H2,(H,26,29)(H,27,30)(H,28,31)(H,32,33)/b6-5+/t17-/m0/s1. The van der Waals surface area contributed by atoms with Crippen LogP contribution in [0.3, 0.4) is 0 Å². The van der Waals surface area contributed by atoms with E-state index in [0.29, 0.717) is 11.3 Å². The van der Waals surface area contributed by atoms with E-state index in [9.17, 15) is 24.3 Å². The van der Waals surface area contributed by atoms with E-state index in [4.69, 9.17) is 32.0 Å². The van der Waals surface area contributed by atoms with Crippen molar-refractivity contribution >= 4 is 53.0 Å². The fourth-order valence-electron chi connectivity index (χ4n) is 2.86. The summed E-state index contributed by atoms with van der Waals surface area (Å²) in [5.74, 6) is -2.76. The third-order valence-electron chi connectivity index (χ3n) is 4.55. The lowest BCUT2D eigenvalue weighted by molar-refractivity contribution is -0.139. The highest BCUT2D eigenvalue weighted by atomic mass is 35.5. The molecule has 0 saturated heterocycles. The molecular formula is C23H19Cl2N3O7. The summed E-state index contributed by atoms with van der Waals surface area (Å²) in [6, 6.07) is 7.67. The van der Waals surface area contributed by atoms with Crippen LogP contribution < -0.4 is 16.0 Å². The van der Waals surface area contributed by atoms with Crippen LogP contribution in [-0.2, 0) is 16.1 Å². The number of aliphatic carboxylic acids is 1. The predicted molar refractivity (Wildman–Crippen MR) is 126 cm³/mol. The molecule has 35 heavy (non-hydrogen) atoms. The van der Waals surface area contributed by atoms with Crippen LogP contribution in [0, 0.1) is 0 Å². The molecule has 1 aromatic carbocycles. The van der Waals surface area contributed by atoms with Gasteiger partial charge in [-0.15, -0.1) is 0 Å². The first-order valence-electron chi connectivity index (χ1n) is 10.1. The van der Waals surface area contributed by atoms with Crippen LogP contribution in [0.1, 0.15) is 32.2 Å². The van der Waals surface area contributed by atoms with Crippen LogP contribution in [-0.4, -0.2) is 41.4 Å². The van der Waals surface area contributed by atoms with Gasteiger partial charge >= 0.3 is 5.97 Å². The van der Waals surface area contributed by atoms with E-state index in [1.165, 1.54) is 48.9 Å². The van der Waals surface area contributed by atoms with E-state index in [1.807, 2.05) is 0 Å². The highest BCUT2D eigenvalue weighted by Crippen LogP contribution is 2.27. The fourth-order valence-corrected chi connectivity index (χ4v) is 3.56. The summed E-state index contributed by atoms with van der Waals surface area (Å²) in [5.41, 5.74) is 0.363. The van der Waals surface area contributed by atoms with Gasteiger partial charge in [-0.25, -0.2) is 4.79 Å². The number of hydrogen-bond acceptors (Lipinski definition) is 6. The largest absolute Gasteiger partial charge is 0.480 e. The Kier molecular flexibility index (Phi) is 8.71. The van der Waals surface area contributed by atoms with Crippen LogP contribution in [0.25, 0.3) is 6.08 Å². The van der Waals surface area contributed by atoms with Gasteiger partial charge in [-0.1, -0.05) is 23.2 Å². The zero-order chi connectivity index (χ0) is 25.4. The maximum absolute atomic E-state index is 12.7. The Morgan fingerprint density at radius 1 is 0.971 bits per heavy atom. The molecule has 182 valence electrons. The molecule has 0 saturated carbocycles. The number of carboxylic acids is 1. The first kappa shape index (κ1) is 25.6. The number of carboxylic acid groups (broad SMARTS) is 1. The monoisotopic (exact) mass is 519 g/mol. The minimum Gasteiger partial charge on any atom is -0.480 e. The lowest BCUT2D eigenvalue weighted by Crippen LogP contribution is -2.48. The Balaban J connectivity index is 1.60. The average Bonchev–Trinajstić information content (AvgIpc) is 3.52. The van der Waals surface area contributed by atoms with Crippen LogP contribution in [0.5, 0.6) is 0 Å². The van der Waals surface area contributed by atoms with Crippen molar-refractivity contribution in [2.45, 2.75) is 12.6 Å². The Morgan fingerprint density at radius 3 is 2.26 bits per heavy atom. The highest BCUT2D eigenvalue weighted by Gasteiger charge is 2.25. The summed E-state index contributed by atoms with van der Waals surface area (Å²) in [6.45, 7) is -0.343. The average molecular weight is 520 g/mol. The Labute approximate surface area is 208 Å². The second-order valence-corrected chi connectivity index (χ2v) is 7.87. The van der Waals surface area contributed by atoms with Crippen LogP contribution in [0.4, 0.5) is 0 Å². The van der Waals surface area contributed by atoms with Crippen molar-refractivity contribution in [2.24, 2.45) is 0 Å². The number of nitrogens with one attached hydrogen (secondary N) is 3. The van der Waals surface area contributed by atoms with E-state index in [0.717, 1.165) is 0 Å². The second-order valence-electron chi connectivity index (χ2n) is 7.05. The number of hydrogen-bond donors (Lipinski definition) is 4. The van der Waals surface area contributed by atoms with E-state index in [1.54, 1.807) is 12.1 Å². The Hall–Kier alpha value is -4.02. The van der Waals surface area contributed by atoms with Gasteiger partial charge in [0.25, 0.3) is 11.8 Å². The van der Waals surface area contributed by atoms with Gasteiger partial charge in [-0.3, -0.25) is 14.4 Å². The van der Waals surface area contributed by atoms with Gasteiger partial charge in [0.05, 0.1) is 28.1 Å². The van der Waals surface area contributed by atoms with E-state index in [-0.39, 0.29) is 27.9 Å². The van der Waals surface area contributed by atoms with Crippen LogP contribution >= 0.6 is 23.2 Å². The third-order valence-corrected chi connectivity index (χ3v) is 5.15. The van der Waals surface area contributed by atoms with Crippen molar-refractivity contribution in [3.05, 3.63) is 87.7 Å². The summed E-state index contributed by atoms with van der Waals surface area (Å²) in [7, 11) is 0. The number of benzene rings is 1. The van der Waals surface area contributed by atoms with E-state index >= 15 is 0 Å². The van der Waals surface area contributed by atoms with Gasteiger partial charge in [0.15, 0.2) is 5.76 Å². The van der Waals surface area contributed by atoms with Gasteiger partial charge in [-0.05, 0) is 48.0 Å². The first-order valence-corrected chi connectivity index (χ1v) is 10.8. The number of furan rings is 2. The molecule has 0 spiro atoms. The number of carbonyl (C=O) groups is 4. The number of amides is 3. The molecule has 3 aromatic rings. The summed E-state index contributed by atoms with van der Waals surface area (Å²) in [6.07, 6.45) is 5.57. The van der Waals surface area contributed by atoms with E-state index in [2.05, 4.69) is 16.0 Å². The molecule has 2 aromatic heterocycles. The summed E-state index contributed by atoms with van der Waals surface area (Å²) < 4.78 is 10.0. The maximum atomic E-state index is 12.7. The maximum Gasteiger partial charge on any atom is 0.328 e. The van der Waals surface area contributed by atoms with Crippen molar-refractivity contribution in [1.82, 2.24) is 16.0 Å². The quantitative estimate of drug-likeness (QED) is 0.300. The fraction of sp³-hybridized carbons (Fsp3) is 0.130. The molecule has 0 fully saturated rings. The molecule has 12 heteroatoms. The molecule has 0 unspecified atom stereocenters. The minimum absolute atomic E-state index is 0.00862. The second kappa shape index (κ2) is 11.9. The molecule has 0 aliphatic carbocycles. The van der Waals surface area contributed by atoms with E-state index < -0.39 is 36.3 Å². The number of halogens is 2. The molecule has 0 radical (unpaired) electrons. The lowest BCUT2D eigenvalue weighted by atomic mass is 10.1. The summed E-state index contributed by atoms with van der Waals surface area (Å²) in [4.78, 5) is 48.2. The zero-order valence-electron chi connectivity index (χ0n) is 17.9. The van der Waals surface area contributed by atoms with Gasteiger partial charge < -0.3 is 29.9 Å². The van der Waals surface area contributed by atoms with Crippen molar-refractivity contribution in [3.8, 4) is 0 Å². The Morgan fingerprint density at radius 2 is 1.66 bits per heavy atom. The smallest absolute Gasteiger partial charge is 0.328 e. The molecule has 0 aliphatic rings. The normalized spacial score (nSPS) is 11.7. The molecule has 1 atom stereocenters. The predicted octanol–water partition coefficient (Wildman–Crippen LogP) is 3.12. The SMILES string of the molecule is O=C(/C=C/c1ccco1)NCc1cc(Cl)c(C(=O)N[C@@H](CNC(=O)c2ccco2)C(=O)O)c(Cl)c1. The van der Waals surface area contributed by atoms with Gasteiger partial charge in [0.1, 0.15) is 11.8 Å². The highest BCUT2D eigenvalue weighted by molar-refractivity contribution is 6.39. The third kappa shape index (κ3) is 7.23. The minimum atomic E-state index is -1.46. The van der Waals surface area contributed by atoms with Gasteiger partial charge in [0, 0.05) is 19.2 Å². The van der Waals surface area contributed by atoms with Crippen molar-refractivity contribution < 1.29 is 33.1 Å². The van der Waals surface area contributed by atoms with Gasteiger partial charge in [0.2, 0.25) is 5.91 Å². The molecule has 4 N–H and O–H groups in total. The summed E-state index contributed by atoms with van der Waals surface area (Å²) in [5, 5.41) is 16.6. The lowest BCUT2D eigenvalue weighted by Gasteiger charge is -2.16. The van der Waals surface area contributed by atoms with Crippen LogP contribution in [0.2, 0.25) is 10.0 Å². The molecule has 0 aliphatic heterocycles. The molecular weight excluding hydrogens is 501 g/mol. The molecule has 0 bridgehead atoms. The van der Waals surface area contributed by atoms with Crippen molar-refractivity contribution in [1.29, 1.82) is 0 Å². The topological polar surface area (TPSA) is 151 Å². The summed E-state index contributed by atoms with van der Waals surface area (Å²) >= 11 is 12.4. The molecule has 3 amide bonds. The first-order chi connectivity index (χ1) is 16.7. The zero-order valence-corrected chi connectivity index (χ0v) is 19.4. The number of rotatable bonds is 10. The molecule has 2 heterocycles. The molecule has 3 rings (SSSR count).